The zero-order valence-electron chi connectivity index (χ0n) is 13.2. The number of amides is 1. The predicted octanol–water partition coefficient (Wildman–Crippen LogP) is 4.65. The minimum Gasteiger partial charge on any atom is -0.273 e. The summed E-state index contributed by atoms with van der Waals surface area (Å²) >= 11 is 0. The molecule has 0 spiro atoms. The molecule has 0 saturated heterocycles. The van der Waals surface area contributed by atoms with Gasteiger partial charge in [-0.1, -0.05) is 75.1 Å². The Hall–Kier alpha value is -2.16. The van der Waals surface area contributed by atoms with Crippen molar-refractivity contribution in [3.63, 3.8) is 0 Å². The number of benzene rings is 2. The highest BCUT2D eigenvalue weighted by atomic mass is 16.2. The van der Waals surface area contributed by atoms with Crippen LogP contribution in [0, 0.1) is 0 Å². The summed E-state index contributed by atoms with van der Waals surface area (Å²) in [7, 11) is 0. The number of rotatable bonds is 8. The van der Waals surface area contributed by atoms with Gasteiger partial charge in [-0.05, 0) is 17.2 Å². The Kier molecular flexibility index (Phi) is 6.62. The number of hydrogen-bond donors (Lipinski definition) is 1. The summed E-state index contributed by atoms with van der Waals surface area (Å²) in [5, 5.41) is 6.40. The topological polar surface area (TPSA) is 41.5 Å². The number of hydrazone groups is 1. The summed E-state index contributed by atoms with van der Waals surface area (Å²) in [6.45, 7) is 2.19. The van der Waals surface area contributed by atoms with Crippen LogP contribution in [0.4, 0.5) is 0 Å². The first kappa shape index (κ1) is 16.2. The van der Waals surface area contributed by atoms with Gasteiger partial charge in [0.15, 0.2) is 0 Å². The third kappa shape index (κ3) is 4.99. The van der Waals surface area contributed by atoms with Crippen LogP contribution in [0.1, 0.15) is 51.0 Å². The highest BCUT2D eigenvalue weighted by Gasteiger charge is 2.00. The first-order valence-corrected chi connectivity index (χ1v) is 8.11. The summed E-state index contributed by atoms with van der Waals surface area (Å²) in [5.74, 6) is -0.00650. The van der Waals surface area contributed by atoms with Gasteiger partial charge in [0, 0.05) is 12.0 Å². The first-order chi connectivity index (χ1) is 10.8. The van der Waals surface area contributed by atoms with Crippen LogP contribution in [0.15, 0.2) is 47.6 Å². The van der Waals surface area contributed by atoms with Crippen LogP contribution in [0.2, 0.25) is 0 Å². The van der Waals surface area contributed by atoms with Crippen molar-refractivity contribution >= 4 is 22.9 Å². The zero-order valence-corrected chi connectivity index (χ0v) is 13.2. The van der Waals surface area contributed by atoms with E-state index in [0.717, 1.165) is 23.8 Å². The summed E-state index contributed by atoms with van der Waals surface area (Å²) < 4.78 is 0. The first-order valence-electron chi connectivity index (χ1n) is 8.11. The molecule has 2 rings (SSSR count). The summed E-state index contributed by atoms with van der Waals surface area (Å²) in [6, 6.07) is 14.2. The van der Waals surface area contributed by atoms with Crippen LogP contribution in [-0.2, 0) is 4.79 Å². The molecule has 3 nitrogen and oxygen atoms in total. The number of unbranched alkanes of at least 4 members (excludes halogenated alkanes) is 4. The molecule has 0 saturated carbocycles. The van der Waals surface area contributed by atoms with Crippen LogP contribution >= 0.6 is 0 Å². The summed E-state index contributed by atoms with van der Waals surface area (Å²) in [6.07, 6.45) is 8.02. The van der Waals surface area contributed by atoms with E-state index in [1.807, 2.05) is 24.3 Å². The van der Waals surface area contributed by atoms with E-state index in [4.69, 9.17) is 0 Å². The molecule has 2 aromatic carbocycles. The fourth-order valence-corrected chi connectivity index (χ4v) is 2.48. The van der Waals surface area contributed by atoms with Crippen molar-refractivity contribution in [3.05, 3.63) is 48.0 Å². The number of nitrogens with zero attached hydrogens (tertiary/aromatic N) is 1. The number of hydrogen-bond acceptors (Lipinski definition) is 2. The minimum atomic E-state index is -0.00650. The summed E-state index contributed by atoms with van der Waals surface area (Å²) in [5.41, 5.74) is 3.63. The molecule has 1 amide bonds. The maximum atomic E-state index is 11.7. The van der Waals surface area contributed by atoms with Crippen LogP contribution in [-0.4, -0.2) is 12.1 Å². The highest BCUT2D eigenvalue weighted by molar-refractivity contribution is 5.99. The van der Waals surface area contributed by atoms with Crippen LogP contribution in [0.5, 0.6) is 0 Å². The lowest BCUT2D eigenvalue weighted by atomic mass is 10.1. The van der Waals surface area contributed by atoms with Crippen LogP contribution in [0.3, 0.4) is 0 Å². The minimum absolute atomic E-state index is 0.00650. The number of carbonyl (C=O) groups is 1. The summed E-state index contributed by atoms with van der Waals surface area (Å²) in [4.78, 5) is 11.7. The molecule has 116 valence electrons. The van der Waals surface area contributed by atoms with Gasteiger partial charge in [0.05, 0.1) is 6.21 Å². The molecule has 0 atom stereocenters. The van der Waals surface area contributed by atoms with Gasteiger partial charge in [0.25, 0.3) is 0 Å². The third-order valence-electron chi connectivity index (χ3n) is 3.72. The lowest BCUT2D eigenvalue weighted by Gasteiger charge is -2.02. The van der Waals surface area contributed by atoms with E-state index in [1.54, 1.807) is 6.21 Å². The van der Waals surface area contributed by atoms with Crippen LogP contribution in [0.25, 0.3) is 10.8 Å². The number of fused-ring (bicyclic) bond motifs is 1. The van der Waals surface area contributed by atoms with Gasteiger partial charge < -0.3 is 0 Å². The van der Waals surface area contributed by atoms with E-state index in [1.165, 1.54) is 24.6 Å². The van der Waals surface area contributed by atoms with Gasteiger partial charge >= 0.3 is 0 Å². The van der Waals surface area contributed by atoms with Gasteiger partial charge in [-0.3, -0.25) is 4.79 Å². The van der Waals surface area contributed by atoms with Crippen molar-refractivity contribution in [2.45, 2.75) is 45.4 Å². The van der Waals surface area contributed by atoms with Crippen molar-refractivity contribution in [2.75, 3.05) is 0 Å². The SMILES string of the molecule is CCCCCCCC(=O)NN=Cc1cccc2ccccc12. The maximum Gasteiger partial charge on any atom is 0.240 e. The van der Waals surface area contributed by atoms with Crippen molar-refractivity contribution in [1.29, 1.82) is 0 Å². The Labute approximate surface area is 132 Å². The Bertz CT molecular complexity index is 629. The quantitative estimate of drug-likeness (QED) is 0.430. The zero-order chi connectivity index (χ0) is 15.6. The molecule has 0 aromatic heterocycles. The number of nitrogens with one attached hydrogen (secondary N) is 1. The normalized spacial score (nSPS) is 11.1. The molecular weight excluding hydrogens is 272 g/mol. The van der Waals surface area contributed by atoms with E-state index in [9.17, 15) is 4.79 Å². The monoisotopic (exact) mass is 296 g/mol. The lowest BCUT2D eigenvalue weighted by Crippen LogP contribution is -2.16. The van der Waals surface area contributed by atoms with E-state index in [-0.39, 0.29) is 5.91 Å². The van der Waals surface area contributed by atoms with Gasteiger partial charge in [-0.2, -0.15) is 5.10 Å². The Balaban J connectivity index is 1.82. The van der Waals surface area contributed by atoms with Gasteiger partial charge in [-0.15, -0.1) is 0 Å². The molecule has 0 bridgehead atoms. The van der Waals surface area contributed by atoms with Gasteiger partial charge in [0.2, 0.25) is 5.91 Å². The second-order valence-corrected chi connectivity index (χ2v) is 5.53. The molecule has 0 aliphatic heterocycles. The Morgan fingerprint density at radius 2 is 1.82 bits per heavy atom. The van der Waals surface area contributed by atoms with Crippen molar-refractivity contribution in [2.24, 2.45) is 5.10 Å². The van der Waals surface area contributed by atoms with E-state index in [0.29, 0.717) is 6.42 Å². The highest BCUT2D eigenvalue weighted by Crippen LogP contribution is 2.16. The van der Waals surface area contributed by atoms with Gasteiger partial charge in [-0.25, -0.2) is 5.43 Å². The molecule has 3 heteroatoms. The lowest BCUT2D eigenvalue weighted by molar-refractivity contribution is -0.121. The Morgan fingerprint density at radius 1 is 1.05 bits per heavy atom. The van der Waals surface area contributed by atoms with Crippen molar-refractivity contribution in [3.8, 4) is 0 Å². The number of carbonyl (C=O) groups excluding carboxylic acids is 1. The van der Waals surface area contributed by atoms with Crippen molar-refractivity contribution in [1.82, 2.24) is 5.43 Å². The molecule has 0 heterocycles. The molecule has 0 fully saturated rings. The molecule has 2 aromatic rings. The maximum absolute atomic E-state index is 11.7. The van der Waals surface area contributed by atoms with Gasteiger partial charge in [0.1, 0.15) is 0 Å². The predicted molar refractivity (Wildman–Crippen MR) is 93.1 cm³/mol. The van der Waals surface area contributed by atoms with E-state index in [2.05, 4.69) is 35.7 Å². The fraction of sp³-hybridized carbons (Fsp3) is 0.368. The molecule has 1 N–H and O–H groups in total. The molecule has 0 aliphatic rings. The molecule has 0 radical (unpaired) electrons. The standard InChI is InChI=1S/C19H24N2O/c1-2-3-4-5-6-14-19(22)21-20-15-17-12-9-11-16-10-7-8-13-18(16)17/h7-13,15H,2-6,14H2,1H3,(H,21,22). The fourth-order valence-electron chi connectivity index (χ4n) is 2.48. The average Bonchev–Trinajstić information content (AvgIpc) is 2.55. The third-order valence-corrected chi connectivity index (χ3v) is 3.72. The van der Waals surface area contributed by atoms with E-state index < -0.39 is 0 Å². The average molecular weight is 296 g/mol. The van der Waals surface area contributed by atoms with Crippen molar-refractivity contribution < 1.29 is 4.79 Å². The molecule has 0 aliphatic carbocycles. The van der Waals surface area contributed by atoms with Crippen LogP contribution < -0.4 is 5.43 Å². The van der Waals surface area contributed by atoms with E-state index >= 15 is 0 Å². The second kappa shape index (κ2) is 8.98. The Morgan fingerprint density at radius 3 is 2.68 bits per heavy atom. The second-order valence-electron chi connectivity index (χ2n) is 5.53. The molecule has 22 heavy (non-hydrogen) atoms. The smallest absolute Gasteiger partial charge is 0.240 e. The molecule has 0 unspecified atom stereocenters. The molecular formula is C19H24N2O. The largest absolute Gasteiger partial charge is 0.273 e.